The lowest BCUT2D eigenvalue weighted by molar-refractivity contribution is -0.215. The van der Waals surface area contributed by atoms with E-state index in [2.05, 4.69) is 4.99 Å². The number of rotatable bonds is 6. The quantitative estimate of drug-likeness (QED) is 0.498. The third-order valence-electron chi connectivity index (χ3n) is 3.20. The maximum absolute atomic E-state index is 12.3. The molecule has 2 aromatic rings. The molecular formula is C17H19NO4P-. The summed E-state index contributed by atoms with van der Waals surface area (Å²) in [7, 11) is -3.78. The highest BCUT2D eigenvalue weighted by Gasteiger charge is 2.24. The first-order chi connectivity index (χ1) is 10.9. The van der Waals surface area contributed by atoms with Crippen molar-refractivity contribution in [3.63, 3.8) is 0 Å². The summed E-state index contributed by atoms with van der Waals surface area (Å²) in [5.41, 5.74) is 2.02. The lowest BCUT2D eigenvalue weighted by Crippen LogP contribution is -2.10. The van der Waals surface area contributed by atoms with Gasteiger partial charge < -0.3 is 14.5 Å². The molecule has 0 aromatic heterocycles. The summed E-state index contributed by atoms with van der Waals surface area (Å²) < 4.78 is 17.6. The van der Waals surface area contributed by atoms with Gasteiger partial charge in [-0.05, 0) is 43.0 Å². The molecule has 5 nitrogen and oxygen atoms in total. The Morgan fingerprint density at radius 2 is 1.83 bits per heavy atom. The van der Waals surface area contributed by atoms with Crippen LogP contribution in [0.3, 0.4) is 0 Å². The van der Waals surface area contributed by atoms with E-state index in [1.807, 2.05) is 30.3 Å². The van der Waals surface area contributed by atoms with Gasteiger partial charge in [0.1, 0.15) is 0 Å². The molecule has 6 heteroatoms. The zero-order valence-corrected chi connectivity index (χ0v) is 13.9. The molecule has 0 aliphatic carbocycles. The molecule has 0 bridgehead atoms. The van der Waals surface area contributed by atoms with Gasteiger partial charge in [-0.25, -0.2) is 0 Å². The van der Waals surface area contributed by atoms with E-state index in [0.717, 1.165) is 5.56 Å². The first-order valence-electron chi connectivity index (χ1n) is 7.22. The minimum absolute atomic E-state index is 0.0927. The van der Waals surface area contributed by atoms with Gasteiger partial charge in [0.25, 0.3) is 0 Å². The van der Waals surface area contributed by atoms with E-state index in [1.165, 1.54) is 6.92 Å². The topological polar surface area (TPSA) is 82.0 Å². The van der Waals surface area contributed by atoms with Crippen LogP contribution in [0.15, 0.2) is 59.6 Å². The molecule has 0 saturated heterocycles. The van der Waals surface area contributed by atoms with Crippen LogP contribution in [0.2, 0.25) is 0 Å². The van der Waals surface area contributed by atoms with Crippen molar-refractivity contribution in [2.45, 2.75) is 26.1 Å². The fourth-order valence-corrected chi connectivity index (χ4v) is 3.52. The van der Waals surface area contributed by atoms with E-state index in [-0.39, 0.29) is 12.1 Å². The Hall–Kier alpha value is -1.94. The summed E-state index contributed by atoms with van der Waals surface area (Å²) >= 11 is 0. The molecule has 2 aromatic carbocycles. The third-order valence-corrected chi connectivity index (χ3v) is 4.61. The van der Waals surface area contributed by atoms with E-state index in [1.54, 1.807) is 31.2 Å². The number of hydrogen-bond donors (Lipinski definition) is 1. The molecule has 0 amide bonds. The van der Waals surface area contributed by atoms with Gasteiger partial charge >= 0.3 is 7.60 Å². The first kappa shape index (κ1) is 17.4. The Kier molecular flexibility index (Phi) is 5.72. The Morgan fingerprint density at radius 1 is 1.22 bits per heavy atom. The van der Waals surface area contributed by atoms with Crippen molar-refractivity contribution < 1.29 is 19.1 Å². The Bertz CT molecular complexity index is 709. The van der Waals surface area contributed by atoms with Crippen LogP contribution in [0.25, 0.3) is 0 Å². The first-order valence-corrected chi connectivity index (χ1v) is 8.98. The Labute approximate surface area is 135 Å². The summed E-state index contributed by atoms with van der Waals surface area (Å²) in [5, 5.41) is 10.9. The molecule has 0 fully saturated rings. The minimum atomic E-state index is -3.78. The largest absolute Gasteiger partial charge is 0.862 e. The van der Waals surface area contributed by atoms with Gasteiger partial charge in [0.15, 0.2) is 0 Å². The second-order valence-electron chi connectivity index (χ2n) is 5.25. The zero-order chi connectivity index (χ0) is 16.9. The van der Waals surface area contributed by atoms with Crippen LogP contribution in [0, 0.1) is 0 Å². The Morgan fingerprint density at radius 3 is 2.39 bits per heavy atom. The van der Waals surface area contributed by atoms with E-state index in [4.69, 9.17) is 4.52 Å². The van der Waals surface area contributed by atoms with Gasteiger partial charge in [0, 0.05) is 0 Å². The molecule has 0 heterocycles. The second kappa shape index (κ2) is 7.55. The van der Waals surface area contributed by atoms with E-state index >= 15 is 0 Å². The van der Waals surface area contributed by atoms with Gasteiger partial charge in [0.2, 0.25) is 0 Å². The monoisotopic (exact) mass is 332 g/mol. The van der Waals surface area contributed by atoms with E-state index in [0.29, 0.717) is 11.3 Å². The number of aliphatic imine (C=N–C) groups is 1. The smallest absolute Gasteiger partial charge is 0.333 e. The summed E-state index contributed by atoms with van der Waals surface area (Å²) in [6.07, 6.45) is -0.566. The Balaban J connectivity index is 2.03. The average Bonchev–Trinajstić information content (AvgIpc) is 2.49. The van der Waals surface area contributed by atoms with Gasteiger partial charge in [0.05, 0.1) is 18.0 Å². The van der Waals surface area contributed by atoms with Crippen LogP contribution in [0.4, 0.5) is 5.69 Å². The van der Waals surface area contributed by atoms with Crippen LogP contribution >= 0.6 is 7.60 Å². The van der Waals surface area contributed by atoms with Crippen molar-refractivity contribution in [2.24, 2.45) is 4.99 Å². The van der Waals surface area contributed by atoms with Crippen molar-refractivity contribution in [1.29, 1.82) is 0 Å². The summed E-state index contributed by atoms with van der Waals surface area (Å²) in [4.78, 5) is 13.9. The molecule has 1 unspecified atom stereocenters. The molecule has 122 valence electrons. The molecule has 0 aliphatic rings. The highest BCUT2D eigenvalue weighted by Crippen LogP contribution is 2.49. The number of hydrogen-bond acceptors (Lipinski definition) is 4. The molecule has 2 rings (SSSR count). The molecule has 0 radical (unpaired) electrons. The van der Waals surface area contributed by atoms with Crippen molar-refractivity contribution in [2.75, 3.05) is 0 Å². The van der Waals surface area contributed by atoms with Crippen molar-refractivity contribution in [3.8, 4) is 0 Å². The van der Waals surface area contributed by atoms with Crippen molar-refractivity contribution in [1.82, 2.24) is 0 Å². The highest BCUT2D eigenvalue weighted by atomic mass is 31.2. The normalized spacial score (nSPS) is 15.9. The lowest BCUT2D eigenvalue weighted by atomic mass is 10.1. The summed E-state index contributed by atoms with van der Waals surface area (Å²) in [5.74, 6) is -0.286. The molecular weight excluding hydrogens is 313 g/mol. The predicted octanol–water partition coefficient (Wildman–Crippen LogP) is 3.56. The van der Waals surface area contributed by atoms with Gasteiger partial charge in [-0.1, -0.05) is 42.5 Å². The van der Waals surface area contributed by atoms with Gasteiger partial charge in [-0.3, -0.25) is 9.56 Å². The SMILES string of the molecule is CC([O-])=Nc1ccc(CP(=O)(O)O[C@@H](C)c2ccccc2)cc1. The maximum atomic E-state index is 12.3. The molecule has 0 saturated carbocycles. The van der Waals surface area contributed by atoms with Crippen LogP contribution < -0.4 is 5.11 Å². The zero-order valence-electron chi connectivity index (χ0n) is 13.0. The van der Waals surface area contributed by atoms with Gasteiger partial charge in [-0.15, -0.1) is 0 Å². The van der Waals surface area contributed by atoms with E-state index < -0.39 is 13.7 Å². The fraction of sp³-hybridized carbons (Fsp3) is 0.235. The number of nitrogens with zero attached hydrogens (tertiary/aromatic N) is 1. The van der Waals surface area contributed by atoms with E-state index in [9.17, 15) is 14.6 Å². The molecule has 2 atom stereocenters. The maximum Gasteiger partial charge on any atom is 0.333 e. The highest BCUT2D eigenvalue weighted by molar-refractivity contribution is 7.51. The number of benzene rings is 2. The summed E-state index contributed by atoms with van der Waals surface area (Å²) in [6, 6.07) is 15.9. The van der Waals surface area contributed by atoms with Crippen LogP contribution in [0.5, 0.6) is 0 Å². The van der Waals surface area contributed by atoms with Crippen LogP contribution in [-0.4, -0.2) is 10.8 Å². The van der Waals surface area contributed by atoms with Crippen LogP contribution in [0.1, 0.15) is 31.1 Å². The molecule has 1 N–H and O–H groups in total. The van der Waals surface area contributed by atoms with Crippen LogP contribution in [-0.2, 0) is 15.3 Å². The van der Waals surface area contributed by atoms with Gasteiger partial charge in [-0.2, -0.15) is 0 Å². The standard InChI is InChI=1S/C17H20NO4P/c1-13(16-6-4-3-5-7-16)22-23(20,21)12-15-8-10-17(11-9-15)18-14(2)19/h3-11,13H,12H2,1-2H3,(H,18,19)(H,20,21)/p-1/t13-/m0/s1. The predicted molar refractivity (Wildman–Crippen MR) is 88.7 cm³/mol. The fourth-order valence-electron chi connectivity index (χ4n) is 2.16. The minimum Gasteiger partial charge on any atom is -0.862 e. The molecule has 0 aliphatic heterocycles. The average molecular weight is 332 g/mol. The van der Waals surface area contributed by atoms with Crippen molar-refractivity contribution >= 4 is 19.2 Å². The van der Waals surface area contributed by atoms with Crippen molar-refractivity contribution in [3.05, 3.63) is 65.7 Å². The second-order valence-corrected chi connectivity index (χ2v) is 7.05. The molecule has 23 heavy (non-hydrogen) atoms. The lowest BCUT2D eigenvalue weighted by Gasteiger charge is -2.18. The third kappa shape index (κ3) is 5.64. The molecule has 0 spiro atoms. The summed E-state index contributed by atoms with van der Waals surface area (Å²) in [6.45, 7) is 3.11.